The van der Waals surface area contributed by atoms with Crippen LogP contribution in [0.4, 0.5) is 16.2 Å². The quantitative estimate of drug-likeness (QED) is 0.892. The number of benzene rings is 2. The zero-order valence-corrected chi connectivity index (χ0v) is 14.4. The SMILES string of the molecule is O=C1COc2cc(NC(=O)N3CCCC3Cc3ccccc3)ccc2N1. The molecule has 2 aliphatic rings. The van der Waals surface area contributed by atoms with Crippen molar-refractivity contribution in [3.8, 4) is 5.75 Å². The number of rotatable bonds is 3. The molecule has 6 heteroatoms. The number of hydrogen-bond acceptors (Lipinski definition) is 3. The number of hydrogen-bond donors (Lipinski definition) is 2. The molecule has 0 radical (unpaired) electrons. The van der Waals surface area contributed by atoms with E-state index >= 15 is 0 Å². The van der Waals surface area contributed by atoms with Gasteiger partial charge in [-0.05, 0) is 37.0 Å². The molecule has 26 heavy (non-hydrogen) atoms. The second-order valence-electron chi connectivity index (χ2n) is 6.66. The third kappa shape index (κ3) is 3.49. The molecule has 4 rings (SSSR count). The third-order valence-corrected chi connectivity index (χ3v) is 4.82. The van der Waals surface area contributed by atoms with Crippen LogP contribution in [-0.2, 0) is 11.2 Å². The standard InChI is InChI=1S/C20H21N3O3/c24-19-13-26-18-12-15(8-9-17(18)22-19)21-20(25)23-10-4-7-16(23)11-14-5-2-1-3-6-14/h1-3,5-6,8-9,12,16H,4,7,10-11,13H2,(H,21,25)(H,22,24). The maximum Gasteiger partial charge on any atom is 0.322 e. The molecule has 0 aliphatic carbocycles. The van der Waals surface area contributed by atoms with Crippen LogP contribution in [0.1, 0.15) is 18.4 Å². The number of amides is 3. The van der Waals surface area contributed by atoms with Gasteiger partial charge in [-0.1, -0.05) is 30.3 Å². The summed E-state index contributed by atoms with van der Waals surface area (Å²) >= 11 is 0. The van der Waals surface area contributed by atoms with Gasteiger partial charge in [-0.2, -0.15) is 0 Å². The first-order valence-corrected chi connectivity index (χ1v) is 8.87. The van der Waals surface area contributed by atoms with Crippen molar-refractivity contribution in [3.05, 3.63) is 54.1 Å². The maximum atomic E-state index is 12.7. The Bertz CT molecular complexity index is 822. The van der Waals surface area contributed by atoms with E-state index in [1.807, 2.05) is 23.1 Å². The summed E-state index contributed by atoms with van der Waals surface area (Å²) in [6.45, 7) is 0.760. The van der Waals surface area contributed by atoms with Gasteiger partial charge >= 0.3 is 6.03 Å². The van der Waals surface area contributed by atoms with E-state index in [1.54, 1.807) is 18.2 Å². The van der Waals surface area contributed by atoms with Crippen LogP contribution in [0, 0.1) is 0 Å². The maximum absolute atomic E-state index is 12.7. The Hall–Kier alpha value is -3.02. The minimum absolute atomic E-state index is 0.00429. The summed E-state index contributed by atoms with van der Waals surface area (Å²) in [5.74, 6) is 0.403. The molecule has 1 atom stereocenters. The highest BCUT2D eigenvalue weighted by Gasteiger charge is 2.29. The van der Waals surface area contributed by atoms with E-state index in [9.17, 15) is 9.59 Å². The van der Waals surface area contributed by atoms with Crippen molar-refractivity contribution in [2.75, 3.05) is 23.8 Å². The van der Waals surface area contributed by atoms with Crippen LogP contribution in [0.15, 0.2) is 48.5 Å². The molecule has 6 nitrogen and oxygen atoms in total. The molecule has 1 fully saturated rings. The number of ether oxygens (including phenoxy) is 1. The van der Waals surface area contributed by atoms with E-state index in [0.717, 1.165) is 25.8 Å². The summed E-state index contributed by atoms with van der Waals surface area (Å²) in [4.78, 5) is 26.0. The van der Waals surface area contributed by atoms with E-state index in [2.05, 4.69) is 22.8 Å². The van der Waals surface area contributed by atoms with Crippen LogP contribution in [0.5, 0.6) is 5.75 Å². The third-order valence-electron chi connectivity index (χ3n) is 4.82. The fourth-order valence-corrected chi connectivity index (χ4v) is 3.55. The number of likely N-dealkylation sites (tertiary alicyclic amines) is 1. The molecule has 1 unspecified atom stereocenters. The van der Waals surface area contributed by atoms with Crippen molar-refractivity contribution >= 4 is 23.3 Å². The predicted octanol–water partition coefficient (Wildman–Crippen LogP) is 3.26. The summed E-state index contributed by atoms with van der Waals surface area (Å²) in [6.07, 6.45) is 2.90. The number of nitrogens with one attached hydrogen (secondary N) is 2. The average Bonchev–Trinajstić information content (AvgIpc) is 3.11. The Kier molecular flexibility index (Phi) is 4.48. The summed E-state index contributed by atoms with van der Waals surface area (Å²) in [7, 11) is 0. The van der Waals surface area contributed by atoms with Crippen LogP contribution in [0.2, 0.25) is 0 Å². The van der Waals surface area contributed by atoms with Gasteiger partial charge in [0.25, 0.3) is 5.91 Å². The van der Waals surface area contributed by atoms with Gasteiger partial charge in [0.1, 0.15) is 5.75 Å². The minimum Gasteiger partial charge on any atom is -0.482 e. The van der Waals surface area contributed by atoms with E-state index < -0.39 is 0 Å². The highest BCUT2D eigenvalue weighted by Crippen LogP contribution is 2.31. The Morgan fingerprint density at radius 2 is 2.08 bits per heavy atom. The predicted molar refractivity (Wildman–Crippen MR) is 99.5 cm³/mol. The molecule has 2 aliphatic heterocycles. The molecule has 2 heterocycles. The van der Waals surface area contributed by atoms with Crippen molar-refractivity contribution in [1.29, 1.82) is 0 Å². The largest absolute Gasteiger partial charge is 0.482 e. The van der Waals surface area contributed by atoms with Crippen LogP contribution >= 0.6 is 0 Å². The van der Waals surface area contributed by atoms with Gasteiger partial charge in [-0.25, -0.2) is 4.79 Å². The second-order valence-corrected chi connectivity index (χ2v) is 6.66. The molecule has 0 saturated carbocycles. The number of carbonyl (C=O) groups excluding carboxylic acids is 2. The lowest BCUT2D eigenvalue weighted by molar-refractivity contribution is -0.118. The molecule has 2 aromatic rings. The number of nitrogens with zero attached hydrogens (tertiary/aromatic N) is 1. The van der Waals surface area contributed by atoms with E-state index in [1.165, 1.54) is 5.56 Å². The van der Waals surface area contributed by atoms with Gasteiger partial charge in [0.15, 0.2) is 6.61 Å². The summed E-state index contributed by atoms with van der Waals surface area (Å²) in [6, 6.07) is 15.6. The number of fused-ring (bicyclic) bond motifs is 1. The van der Waals surface area contributed by atoms with Crippen molar-refractivity contribution in [1.82, 2.24) is 4.90 Å². The van der Waals surface area contributed by atoms with E-state index in [-0.39, 0.29) is 24.6 Å². The minimum atomic E-state index is -0.171. The van der Waals surface area contributed by atoms with E-state index in [4.69, 9.17) is 4.74 Å². The molecular weight excluding hydrogens is 330 g/mol. The highest BCUT2D eigenvalue weighted by molar-refractivity contribution is 5.96. The molecule has 0 spiro atoms. The lowest BCUT2D eigenvalue weighted by Gasteiger charge is -2.25. The fraction of sp³-hybridized carbons (Fsp3) is 0.300. The van der Waals surface area contributed by atoms with Crippen LogP contribution in [-0.4, -0.2) is 36.0 Å². The van der Waals surface area contributed by atoms with Gasteiger partial charge in [-0.15, -0.1) is 0 Å². The topological polar surface area (TPSA) is 70.7 Å². The van der Waals surface area contributed by atoms with Gasteiger partial charge < -0.3 is 20.3 Å². The Balaban J connectivity index is 1.43. The van der Waals surface area contributed by atoms with Crippen molar-refractivity contribution < 1.29 is 14.3 Å². The van der Waals surface area contributed by atoms with E-state index in [0.29, 0.717) is 17.1 Å². The average molecular weight is 351 g/mol. The Labute approximate surface area is 152 Å². The summed E-state index contributed by atoms with van der Waals surface area (Å²) < 4.78 is 5.41. The summed E-state index contributed by atoms with van der Waals surface area (Å²) in [5, 5.41) is 5.70. The van der Waals surface area contributed by atoms with Crippen LogP contribution < -0.4 is 15.4 Å². The smallest absolute Gasteiger partial charge is 0.322 e. The van der Waals surface area contributed by atoms with Crippen molar-refractivity contribution in [3.63, 3.8) is 0 Å². The molecule has 0 aromatic heterocycles. The Morgan fingerprint density at radius 3 is 2.92 bits per heavy atom. The first-order valence-electron chi connectivity index (χ1n) is 8.87. The summed E-state index contributed by atoms with van der Waals surface area (Å²) in [5.41, 5.74) is 2.53. The van der Waals surface area contributed by atoms with Crippen LogP contribution in [0.3, 0.4) is 0 Å². The molecule has 2 aromatic carbocycles. The fourth-order valence-electron chi connectivity index (χ4n) is 3.55. The van der Waals surface area contributed by atoms with Crippen molar-refractivity contribution in [2.45, 2.75) is 25.3 Å². The lowest BCUT2D eigenvalue weighted by atomic mass is 10.0. The molecule has 3 amide bonds. The van der Waals surface area contributed by atoms with Gasteiger partial charge in [0.2, 0.25) is 0 Å². The van der Waals surface area contributed by atoms with Gasteiger partial charge in [0.05, 0.1) is 5.69 Å². The second kappa shape index (κ2) is 7.07. The lowest BCUT2D eigenvalue weighted by Crippen LogP contribution is -2.39. The normalized spacial score (nSPS) is 18.7. The molecule has 2 N–H and O–H groups in total. The van der Waals surface area contributed by atoms with Crippen molar-refractivity contribution in [2.24, 2.45) is 0 Å². The van der Waals surface area contributed by atoms with Gasteiger partial charge in [-0.3, -0.25) is 4.79 Å². The van der Waals surface area contributed by atoms with Gasteiger partial charge in [0, 0.05) is 24.3 Å². The Morgan fingerprint density at radius 1 is 1.23 bits per heavy atom. The highest BCUT2D eigenvalue weighted by atomic mass is 16.5. The first kappa shape index (κ1) is 16.4. The molecule has 0 bridgehead atoms. The zero-order valence-electron chi connectivity index (χ0n) is 14.4. The molecule has 1 saturated heterocycles. The number of urea groups is 1. The zero-order chi connectivity index (χ0) is 17.9. The first-order chi connectivity index (χ1) is 12.7. The molecule has 134 valence electrons. The van der Waals surface area contributed by atoms with Crippen LogP contribution in [0.25, 0.3) is 0 Å². The monoisotopic (exact) mass is 351 g/mol. The number of anilines is 2. The molecular formula is C20H21N3O3. The number of carbonyl (C=O) groups is 2.